The van der Waals surface area contributed by atoms with Gasteiger partial charge in [0, 0.05) is 12.4 Å². The zero-order valence-electron chi connectivity index (χ0n) is 8.06. The molecule has 1 rings (SSSR count). The van der Waals surface area contributed by atoms with E-state index >= 15 is 0 Å². The minimum atomic E-state index is -0.809. The van der Waals surface area contributed by atoms with E-state index in [0.29, 0.717) is 0 Å². The van der Waals surface area contributed by atoms with Crippen molar-refractivity contribution in [2.24, 2.45) is 5.92 Å². The van der Waals surface area contributed by atoms with Crippen LogP contribution in [0.4, 0.5) is 0 Å². The number of carbonyl (C=O) groups is 1. The molecule has 4 nitrogen and oxygen atoms in total. The van der Waals surface area contributed by atoms with E-state index in [2.05, 4.69) is 4.98 Å². The predicted octanol–water partition coefficient (Wildman–Crippen LogP) is 1.47. The van der Waals surface area contributed by atoms with E-state index in [0.717, 1.165) is 5.82 Å². The van der Waals surface area contributed by atoms with Crippen molar-refractivity contribution in [2.75, 3.05) is 0 Å². The van der Waals surface area contributed by atoms with Gasteiger partial charge in [-0.1, -0.05) is 13.8 Å². The zero-order valence-corrected chi connectivity index (χ0v) is 8.06. The summed E-state index contributed by atoms with van der Waals surface area (Å²) in [6, 6.07) is -0.512. The summed E-state index contributed by atoms with van der Waals surface area (Å²) in [4.78, 5) is 14.9. The summed E-state index contributed by atoms with van der Waals surface area (Å²) in [7, 11) is 0. The molecule has 1 aromatic heterocycles. The Morgan fingerprint density at radius 3 is 2.54 bits per heavy atom. The number of aromatic nitrogens is 2. The summed E-state index contributed by atoms with van der Waals surface area (Å²) in [6.45, 7) is 5.58. The maximum atomic E-state index is 10.9. The Balaban J connectivity index is 3.02. The number of rotatable bonds is 3. The van der Waals surface area contributed by atoms with Crippen LogP contribution in [0.15, 0.2) is 12.4 Å². The van der Waals surface area contributed by atoms with E-state index in [-0.39, 0.29) is 5.92 Å². The summed E-state index contributed by atoms with van der Waals surface area (Å²) in [5.41, 5.74) is 0. The number of carboxylic acid groups (broad SMARTS) is 1. The van der Waals surface area contributed by atoms with Crippen molar-refractivity contribution >= 4 is 5.97 Å². The first-order valence-electron chi connectivity index (χ1n) is 4.26. The second-order valence-electron chi connectivity index (χ2n) is 3.41. The van der Waals surface area contributed by atoms with Crippen LogP contribution in [0, 0.1) is 12.8 Å². The van der Waals surface area contributed by atoms with Gasteiger partial charge in [-0.15, -0.1) is 0 Å². The van der Waals surface area contributed by atoms with Crippen molar-refractivity contribution in [1.29, 1.82) is 0 Å². The summed E-state index contributed by atoms with van der Waals surface area (Å²) < 4.78 is 1.69. The number of hydrogen-bond acceptors (Lipinski definition) is 2. The van der Waals surface area contributed by atoms with Gasteiger partial charge in [-0.05, 0) is 12.8 Å². The molecule has 1 heterocycles. The lowest BCUT2D eigenvalue weighted by molar-refractivity contribution is -0.142. The SMILES string of the molecule is Cc1nccn1C(C(=O)O)C(C)C. The Labute approximate surface area is 77.2 Å². The molecule has 1 aromatic rings. The number of aryl methyl sites for hydroxylation is 1. The monoisotopic (exact) mass is 182 g/mol. The van der Waals surface area contributed by atoms with Crippen molar-refractivity contribution in [1.82, 2.24) is 9.55 Å². The third kappa shape index (κ3) is 1.88. The highest BCUT2D eigenvalue weighted by atomic mass is 16.4. The van der Waals surface area contributed by atoms with Crippen molar-refractivity contribution in [2.45, 2.75) is 26.8 Å². The normalized spacial score (nSPS) is 13.2. The molecule has 1 N–H and O–H groups in total. The van der Waals surface area contributed by atoms with Crippen molar-refractivity contribution in [3.63, 3.8) is 0 Å². The maximum Gasteiger partial charge on any atom is 0.326 e. The second-order valence-corrected chi connectivity index (χ2v) is 3.41. The predicted molar refractivity (Wildman–Crippen MR) is 48.5 cm³/mol. The lowest BCUT2D eigenvalue weighted by atomic mass is 10.0. The van der Waals surface area contributed by atoms with Crippen molar-refractivity contribution < 1.29 is 9.90 Å². The van der Waals surface area contributed by atoms with Crippen LogP contribution in [-0.4, -0.2) is 20.6 Å². The van der Waals surface area contributed by atoms with Gasteiger partial charge in [0.25, 0.3) is 0 Å². The van der Waals surface area contributed by atoms with Gasteiger partial charge < -0.3 is 9.67 Å². The van der Waals surface area contributed by atoms with Crippen LogP contribution in [0.5, 0.6) is 0 Å². The minimum absolute atomic E-state index is 0.0606. The summed E-state index contributed by atoms with van der Waals surface area (Å²) in [6.07, 6.45) is 3.32. The summed E-state index contributed by atoms with van der Waals surface area (Å²) >= 11 is 0. The van der Waals surface area contributed by atoms with Gasteiger partial charge in [-0.2, -0.15) is 0 Å². The summed E-state index contributed by atoms with van der Waals surface area (Å²) in [5, 5.41) is 8.99. The zero-order chi connectivity index (χ0) is 10.0. The minimum Gasteiger partial charge on any atom is -0.480 e. The molecule has 0 saturated heterocycles. The van der Waals surface area contributed by atoms with E-state index in [4.69, 9.17) is 5.11 Å². The van der Waals surface area contributed by atoms with Crippen LogP contribution in [0.3, 0.4) is 0 Å². The molecule has 0 bridgehead atoms. The van der Waals surface area contributed by atoms with Crippen LogP contribution >= 0.6 is 0 Å². The van der Waals surface area contributed by atoms with Crippen molar-refractivity contribution in [3.05, 3.63) is 18.2 Å². The van der Waals surface area contributed by atoms with E-state index in [9.17, 15) is 4.79 Å². The average molecular weight is 182 g/mol. The Hall–Kier alpha value is -1.32. The van der Waals surface area contributed by atoms with Crippen LogP contribution < -0.4 is 0 Å². The maximum absolute atomic E-state index is 10.9. The lowest BCUT2D eigenvalue weighted by Crippen LogP contribution is -2.24. The van der Waals surface area contributed by atoms with Crippen LogP contribution in [0.25, 0.3) is 0 Å². The highest BCUT2D eigenvalue weighted by Gasteiger charge is 2.23. The molecule has 0 saturated carbocycles. The molecule has 0 aliphatic rings. The molecule has 4 heteroatoms. The first-order chi connectivity index (χ1) is 6.04. The van der Waals surface area contributed by atoms with Gasteiger partial charge in [0.2, 0.25) is 0 Å². The molecule has 0 fully saturated rings. The first-order valence-corrected chi connectivity index (χ1v) is 4.26. The van der Waals surface area contributed by atoms with Gasteiger partial charge in [-0.3, -0.25) is 0 Å². The van der Waals surface area contributed by atoms with E-state index in [1.54, 1.807) is 23.9 Å². The molecule has 0 spiro atoms. The largest absolute Gasteiger partial charge is 0.480 e. The Kier molecular flexibility index (Phi) is 2.70. The fourth-order valence-electron chi connectivity index (χ4n) is 1.41. The van der Waals surface area contributed by atoms with Crippen LogP contribution in [0.1, 0.15) is 25.7 Å². The fourth-order valence-corrected chi connectivity index (χ4v) is 1.41. The number of aliphatic carboxylic acids is 1. The van der Waals surface area contributed by atoms with Crippen molar-refractivity contribution in [3.8, 4) is 0 Å². The topological polar surface area (TPSA) is 55.1 Å². The molecule has 1 unspecified atom stereocenters. The molecule has 13 heavy (non-hydrogen) atoms. The smallest absolute Gasteiger partial charge is 0.326 e. The number of imidazole rings is 1. The quantitative estimate of drug-likeness (QED) is 0.770. The molecule has 72 valence electrons. The molecular formula is C9H14N2O2. The highest BCUT2D eigenvalue weighted by molar-refractivity contribution is 5.72. The number of nitrogens with zero attached hydrogens (tertiary/aromatic N) is 2. The lowest BCUT2D eigenvalue weighted by Gasteiger charge is -2.18. The van der Waals surface area contributed by atoms with Gasteiger partial charge in [0.05, 0.1) is 0 Å². The molecule has 0 aliphatic carbocycles. The van der Waals surface area contributed by atoms with Gasteiger partial charge in [0.1, 0.15) is 11.9 Å². The molecule has 0 radical (unpaired) electrons. The third-order valence-corrected chi connectivity index (χ3v) is 2.05. The number of hydrogen-bond donors (Lipinski definition) is 1. The molecule has 0 aromatic carbocycles. The second kappa shape index (κ2) is 3.60. The van der Waals surface area contributed by atoms with Crippen LogP contribution in [0.2, 0.25) is 0 Å². The standard InChI is InChI=1S/C9H14N2O2/c1-6(2)8(9(12)13)11-5-4-10-7(11)3/h4-6,8H,1-3H3,(H,12,13). The molecule has 1 atom stereocenters. The van der Waals surface area contributed by atoms with E-state index in [1.165, 1.54) is 0 Å². The number of carboxylic acids is 1. The molecule has 0 aliphatic heterocycles. The fraction of sp³-hybridized carbons (Fsp3) is 0.556. The Morgan fingerprint density at radius 2 is 2.23 bits per heavy atom. The Bertz CT molecular complexity index is 304. The molecular weight excluding hydrogens is 168 g/mol. The van der Waals surface area contributed by atoms with Gasteiger partial charge in [-0.25, -0.2) is 9.78 Å². The molecule has 0 amide bonds. The van der Waals surface area contributed by atoms with Gasteiger partial charge >= 0.3 is 5.97 Å². The van der Waals surface area contributed by atoms with Crippen LogP contribution in [-0.2, 0) is 4.79 Å². The highest BCUT2D eigenvalue weighted by Crippen LogP contribution is 2.18. The average Bonchev–Trinajstić information content (AvgIpc) is 2.35. The summed E-state index contributed by atoms with van der Waals surface area (Å²) in [5.74, 6) is -0.0115. The van der Waals surface area contributed by atoms with Gasteiger partial charge in [0.15, 0.2) is 0 Å². The van der Waals surface area contributed by atoms with E-state index < -0.39 is 12.0 Å². The van der Waals surface area contributed by atoms with E-state index in [1.807, 2.05) is 13.8 Å². The Morgan fingerprint density at radius 1 is 1.62 bits per heavy atom. The third-order valence-electron chi connectivity index (χ3n) is 2.05. The first kappa shape index (κ1) is 9.77.